The lowest BCUT2D eigenvalue weighted by atomic mass is 10.0. The van der Waals surface area contributed by atoms with Crippen molar-refractivity contribution < 1.29 is 57.8 Å². The molecule has 2 fully saturated rings. The van der Waals surface area contributed by atoms with Gasteiger partial charge in [-0.3, -0.25) is 9.80 Å². The Balaban J connectivity index is 0.000000221. The number of carboxylic acids is 2. The molecule has 14 nitrogen and oxygen atoms in total. The van der Waals surface area contributed by atoms with E-state index in [-0.39, 0.29) is 0 Å². The summed E-state index contributed by atoms with van der Waals surface area (Å²) in [5, 5.41) is 19.6. The highest BCUT2D eigenvalue weighted by atomic mass is 16.6. The van der Waals surface area contributed by atoms with Crippen LogP contribution in [0.5, 0.6) is 11.5 Å². The van der Waals surface area contributed by atoms with Gasteiger partial charge in [0.2, 0.25) is 0 Å². The van der Waals surface area contributed by atoms with E-state index in [4.69, 9.17) is 28.4 Å². The molecule has 6 atom stereocenters. The van der Waals surface area contributed by atoms with Crippen molar-refractivity contribution in [2.75, 3.05) is 14.2 Å². The van der Waals surface area contributed by atoms with E-state index in [9.17, 15) is 29.4 Å². The Labute approximate surface area is 337 Å². The monoisotopic (exact) mass is 798 g/mol. The second-order valence-electron chi connectivity index (χ2n) is 15.5. The lowest BCUT2D eigenvalue weighted by Gasteiger charge is -2.31. The first-order valence-corrected chi connectivity index (χ1v) is 18.6. The summed E-state index contributed by atoms with van der Waals surface area (Å²) in [6, 6.07) is 30.2. The fourth-order valence-corrected chi connectivity index (χ4v) is 6.56. The molecule has 308 valence electrons. The van der Waals surface area contributed by atoms with Crippen LogP contribution in [0.3, 0.4) is 0 Å². The van der Waals surface area contributed by atoms with Crippen LogP contribution < -0.4 is 9.47 Å². The number of methoxy groups -OCH3 is 2. The number of nitrogens with zero attached hydrogens (tertiary/aromatic N) is 2. The molecule has 2 aliphatic heterocycles. The molecular formula is C44H50N2O12. The van der Waals surface area contributed by atoms with Crippen LogP contribution in [0.4, 0.5) is 9.59 Å². The van der Waals surface area contributed by atoms with Crippen LogP contribution in [0, 0.1) is 0 Å². The van der Waals surface area contributed by atoms with Crippen LogP contribution in [-0.2, 0) is 28.5 Å². The third kappa shape index (κ3) is 10.2. The Morgan fingerprint density at radius 3 is 1.07 bits per heavy atom. The van der Waals surface area contributed by atoms with E-state index in [2.05, 4.69) is 0 Å². The van der Waals surface area contributed by atoms with Crippen LogP contribution in [-0.4, -0.2) is 81.8 Å². The molecule has 0 aromatic heterocycles. The number of carboxylic acid groups (broad SMARTS) is 2. The minimum atomic E-state index is -1.24. The average molecular weight is 799 g/mol. The van der Waals surface area contributed by atoms with Crippen LogP contribution in [0.25, 0.3) is 0 Å². The van der Waals surface area contributed by atoms with Crippen LogP contribution >= 0.6 is 0 Å². The van der Waals surface area contributed by atoms with Crippen molar-refractivity contribution in [3.63, 3.8) is 0 Å². The van der Waals surface area contributed by atoms with Gasteiger partial charge in [-0.05, 0) is 76.9 Å². The molecule has 58 heavy (non-hydrogen) atoms. The van der Waals surface area contributed by atoms with E-state index in [1.807, 2.05) is 12.1 Å². The van der Waals surface area contributed by atoms with Gasteiger partial charge >= 0.3 is 24.1 Å². The van der Waals surface area contributed by atoms with Crippen LogP contribution in [0.2, 0.25) is 0 Å². The fourth-order valence-electron chi connectivity index (χ4n) is 6.56. The molecule has 0 bridgehead atoms. The fraction of sp³-hybridized carbons (Fsp3) is 0.364. The van der Waals surface area contributed by atoms with E-state index in [1.165, 1.54) is 9.80 Å². The third-order valence-corrected chi connectivity index (χ3v) is 9.01. The summed E-state index contributed by atoms with van der Waals surface area (Å²) < 4.78 is 33.3. The molecule has 2 unspecified atom stereocenters. The first kappa shape index (κ1) is 43.0. The van der Waals surface area contributed by atoms with Crippen molar-refractivity contribution in [1.29, 1.82) is 0 Å². The molecule has 14 heteroatoms. The Morgan fingerprint density at radius 2 is 0.810 bits per heavy atom. The lowest BCUT2D eigenvalue weighted by Crippen LogP contribution is -2.40. The molecule has 6 rings (SSSR count). The van der Waals surface area contributed by atoms with Crippen molar-refractivity contribution in [2.45, 2.75) is 89.5 Å². The Kier molecular flexibility index (Phi) is 13.3. The van der Waals surface area contributed by atoms with Gasteiger partial charge in [-0.2, -0.15) is 0 Å². The van der Waals surface area contributed by atoms with Gasteiger partial charge in [-0.15, -0.1) is 0 Å². The van der Waals surface area contributed by atoms with Crippen molar-refractivity contribution in [3.05, 3.63) is 131 Å². The number of ether oxygens (including phenoxy) is 6. The van der Waals surface area contributed by atoms with Gasteiger partial charge in [-0.1, -0.05) is 84.9 Å². The summed E-state index contributed by atoms with van der Waals surface area (Å²) in [6.45, 7) is 10.6. The number of amides is 2. The zero-order valence-electron chi connectivity index (χ0n) is 33.7. The minimum Gasteiger partial charge on any atom is -0.497 e. The Bertz CT molecular complexity index is 1870. The van der Waals surface area contributed by atoms with Gasteiger partial charge in [-0.25, -0.2) is 19.2 Å². The maximum atomic E-state index is 13.1. The zero-order valence-corrected chi connectivity index (χ0v) is 33.7. The standard InChI is InChI=1S/2C22H25NO6/c2*1-22(2,3)29-21(26)23-17(14-8-6-5-7-9-14)18(20(24)25)28-19(23)15-10-12-16(27-4)13-11-15/h2*5-13,17-19H,1-4H3,(H,24,25)/t2*17-,18-,19?/m10/s1. The number of hydrogen-bond donors (Lipinski definition) is 2. The van der Waals surface area contributed by atoms with Gasteiger partial charge in [0, 0.05) is 11.1 Å². The molecule has 2 aliphatic rings. The van der Waals surface area contributed by atoms with E-state index < -0.39 is 72.1 Å². The molecule has 2 heterocycles. The highest BCUT2D eigenvalue weighted by molar-refractivity contribution is 5.79. The van der Waals surface area contributed by atoms with Crippen LogP contribution in [0.15, 0.2) is 109 Å². The Morgan fingerprint density at radius 1 is 0.500 bits per heavy atom. The van der Waals surface area contributed by atoms with Crippen molar-refractivity contribution in [2.24, 2.45) is 0 Å². The maximum absolute atomic E-state index is 13.1. The summed E-state index contributed by atoms with van der Waals surface area (Å²) in [4.78, 5) is 53.0. The summed E-state index contributed by atoms with van der Waals surface area (Å²) in [5.74, 6) is -1.01. The van der Waals surface area contributed by atoms with E-state index >= 15 is 0 Å². The molecule has 2 amide bonds. The summed E-state index contributed by atoms with van der Waals surface area (Å²) in [6.07, 6.45) is -5.59. The number of carbonyl (C=O) groups is 4. The van der Waals surface area contributed by atoms with Gasteiger partial charge in [0.15, 0.2) is 24.7 Å². The Hall–Kier alpha value is -6.12. The molecule has 4 aromatic rings. The second-order valence-corrected chi connectivity index (χ2v) is 15.5. The lowest BCUT2D eigenvalue weighted by molar-refractivity contribution is -0.151. The number of benzene rings is 4. The molecular weight excluding hydrogens is 748 g/mol. The SMILES string of the molecule is COc1ccc(C2O[C@@H](C(=O)O)[C@@H](c3ccccc3)N2C(=O)OC(C)(C)C)cc1.COc1ccc(C2O[C@H](C(=O)O)[C@H](c3ccccc3)N2C(=O)OC(C)(C)C)cc1. The summed E-state index contributed by atoms with van der Waals surface area (Å²) in [7, 11) is 3.11. The zero-order chi connectivity index (χ0) is 42.4. The molecule has 0 aliphatic carbocycles. The van der Waals surface area contributed by atoms with E-state index in [0.29, 0.717) is 33.8 Å². The largest absolute Gasteiger partial charge is 0.497 e. The topological polar surface area (TPSA) is 171 Å². The molecule has 2 saturated heterocycles. The minimum absolute atomic E-state index is 0.626. The average Bonchev–Trinajstić information content (AvgIpc) is 3.79. The molecule has 2 N–H and O–H groups in total. The maximum Gasteiger partial charge on any atom is 0.413 e. The molecule has 4 aromatic carbocycles. The summed E-state index contributed by atoms with van der Waals surface area (Å²) in [5.41, 5.74) is 1.07. The van der Waals surface area contributed by atoms with Gasteiger partial charge < -0.3 is 38.6 Å². The smallest absolute Gasteiger partial charge is 0.413 e. The third-order valence-electron chi connectivity index (χ3n) is 9.01. The quantitative estimate of drug-likeness (QED) is 0.175. The number of aliphatic carboxylic acids is 2. The normalized spacial score (nSPS) is 21.7. The van der Waals surface area contributed by atoms with Crippen LogP contribution in [0.1, 0.15) is 88.3 Å². The molecule has 0 saturated carbocycles. The highest BCUT2D eigenvalue weighted by Gasteiger charge is 2.52. The van der Waals surface area contributed by atoms with E-state index in [0.717, 1.165) is 0 Å². The predicted molar refractivity (Wildman–Crippen MR) is 211 cm³/mol. The molecule has 0 spiro atoms. The second kappa shape index (κ2) is 18.0. The predicted octanol–water partition coefficient (Wildman–Crippen LogP) is 8.31. The van der Waals surface area contributed by atoms with E-state index in [1.54, 1.807) is 153 Å². The van der Waals surface area contributed by atoms with Crippen molar-refractivity contribution in [3.8, 4) is 11.5 Å². The highest BCUT2D eigenvalue weighted by Crippen LogP contribution is 2.46. The van der Waals surface area contributed by atoms with Crippen molar-refractivity contribution in [1.82, 2.24) is 9.80 Å². The number of carbonyl (C=O) groups excluding carboxylic acids is 2. The molecule has 0 radical (unpaired) electrons. The van der Waals surface area contributed by atoms with Gasteiger partial charge in [0.1, 0.15) is 34.8 Å². The van der Waals surface area contributed by atoms with Gasteiger partial charge in [0.05, 0.1) is 14.2 Å². The first-order valence-electron chi connectivity index (χ1n) is 18.6. The summed E-state index contributed by atoms with van der Waals surface area (Å²) >= 11 is 0. The van der Waals surface area contributed by atoms with Crippen molar-refractivity contribution >= 4 is 24.1 Å². The number of hydrogen-bond acceptors (Lipinski definition) is 10. The van der Waals surface area contributed by atoms with Gasteiger partial charge in [0.25, 0.3) is 0 Å². The number of rotatable bonds is 8. The first-order chi connectivity index (χ1) is 27.4.